The molecule has 1 aliphatic heterocycles. The highest BCUT2D eigenvalue weighted by Crippen LogP contribution is 2.34. The van der Waals surface area contributed by atoms with Crippen molar-refractivity contribution < 1.29 is 28.3 Å². The highest BCUT2D eigenvalue weighted by molar-refractivity contribution is 5.86. The van der Waals surface area contributed by atoms with Crippen molar-refractivity contribution in [2.24, 2.45) is 5.16 Å². The number of hydrogen-bond donors (Lipinski definition) is 1. The number of rotatable bonds is 6. The zero-order chi connectivity index (χ0) is 27.7. The van der Waals surface area contributed by atoms with Gasteiger partial charge < -0.3 is 19.2 Å². The molecule has 1 saturated carbocycles. The largest absolute Gasteiger partial charge is 0.417 e. The van der Waals surface area contributed by atoms with Gasteiger partial charge in [0.2, 0.25) is 0 Å². The maximum absolute atomic E-state index is 14.9. The number of nitrogens with one attached hydrogen (secondary N) is 1. The Balaban J connectivity index is 1.04. The number of ether oxygens (including phenoxy) is 2. The zero-order valence-corrected chi connectivity index (χ0v) is 22.1. The molecule has 40 heavy (non-hydrogen) atoms. The van der Waals surface area contributed by atoms with Crippen LogP contribution in [0.3, 0.4) is 0 Å². The zero-order valence-electron chi connectivity index (χ0n) is 22.1. The van der Waals surface area contributed by atoms with Crippen LogP contribution in [0.15, 0.2) is 84.0 Å². The molecule has 3 aromatic carbocycles. The standard InChI is InChI=1S/C31H32FN3O5/c32-29-21-24(33-30(36)38-25-7-3-1-4-8-25)15-16-28(29)22-11-13-23(14-12-22)34-40-27-17-19-35(20-18-27)31(37)39-26-9-5-2-6-10-26/h1-10,15-16,21-22,27H,11-14,17-20H2,(H,33,36). The van der Waals surface area contributed by atoms with Crippen LogP contribution in [-0.4, -0.2) is 42.0 Å². The summed E-state index contributed by atoms with van der Waals surface area (Å²) in [6.07, 6.45) is 3.31. The number of amides is 2. The topological polar surface area (TPSA) is 89.5 Å². The third-order valence-electron chi connectivity index (χ3n) is 7.18. The van der Waals surface area contributed by atoms with E-state index in [1.807, 2.05) is 24.3 Å². The summed E-state index contributed by atoms with van der Waals surface area (Å²) in [5, 5.41) is 6.97. The summed E-state index contributed by atoms with van der Waals surface area (Å²) in [4.78, 5) is 32.0. The molecule has 1 saturated heterocycles. The summed E-state index contributed by atoms with van der Waals surface area (Å²) in [5.41, 5.74) is 1.95. The SMILES string of the molecule is O=C(Nc1ccc(C2CCC(=NOC3CCN(C(=O)Oc4ccccc4)CC3)CC2)c(F)c1)Oc1ccccc1. The highest BCUT2D eigenvalue weighted by atomic mass is 19.1. The van der Waals surface area contributed by atoms with Crippen molar-refractivity contribution in [2.45, 2.75) is 50.5 Å². The van der Waals surface area contributed by atoms with Crippen LogP contribution in [0.4, 0.5) is 19.7 Å². The molecule has 0 aromatic heterocycles. The van der Waals surface area contributed by atoms with Gasteiger partial charge in [-0.25, -0.2) is 14.0 Å². The molecule has 5 rings (SSSR count). The van der Waals surface area contributed by atoms with Crippen molar-refractivity contribution >= 4 is 23.6 Å². The van der Waals surface area contributed by atoms with E-state index in [-0.39, 0.29) is 23.9 Å². The minimum atomic E-state index is -0.672. The van der Waals surface area contributed by atoms with E-state index in [9.17, 15) is 14.0 Å². The van der Waals surface area contributed by atoms with Gasteiger partial charge in [0.1, 0.15) is 23.4 Å². The minimum Gasteiger partial charge on any atom is -0.410 e. The summed E-state index contributed by atoms with van der Waals surface area (Å²) >= 11 is 0. The van der Waals surface area contributed by atoms with E-state index >= 15 is 0 Å². The lowest BCUT2D eigenvalue weighted by Crippen LogP contribution is -2.42. The molecule has 8 nitrogen and oxygen atoms in total. The molecule has 0 radical (unpaired) electrons. The number of hydrogen-bond acceptors (Lipinski definition) is 6. The Labute approximate surface area is 232 Å². The number of piperidine rings is 1. The van der Waals surface area contributed by atoms with Crippen molar-refractivity contribution in [3.8, 4) is 11.5 Å². The molecule has 0 unspecified atom stereocenters. The normalized spacial score (nSPS) is 17.6. The number of likely N-dealkylation sites (tertiary alicyclic amines) is 1. The summed E-state index contributed by atoms with van der Waals surface area (Å²) in [7, 11) is 0. The molecular formula is C31H32FN3O5. The van der Waals surface area contributed by atoms with Crippen molar-refractivity contribution in [1.29, 1.82) is 0 Å². The second-order valence-electron chi connectivity index (χ2n) is 9.97. The average molecular weight is 546 g/mol. The van der Waals surface area contributed by atoms with E-state index in [4.69, 9.17) is 14.3 Å². The van der Waals surface area contributed by atoms with Gasteiger partial charge in [0.25, 0.3) is 0 Å². The van der Waals surface area contributed by atoms with Gasteiger partial charge in [0.05, 0.1) is 5.71 Å². The molecule has 2 aliphatic rings. The lowest BCUT2D eigenvalue weighted by atomic mass is 9.83. The second kappa shape index (κ2) is 13.1. The molecule has 208 valence electrons. The first kappa shape index (κ1) is 27.2. The van der Waals surface area contributed by atoms with Crippen LogP contribution >= 0.6 is 0 Å². The number of carbonyl (C=O) groups is 2. The van der Waals surface area contributed by atoms with Crippen LogP contribution in [-0.2, 0) is 4.84 Å². The second-order valence-corrected chi connectivity index (χ2v) is 9.97. The molecule has 2 amide bonds. The number of oxime groups is 1. The van der Waals surface area contributed by atoms with Crippen LogP contribution < -0.4 is 14.8 Å². The van der Waals surface area contributed by atoms with E-state index in [1.54, 1.807) is 53.4 Å². The summed E-state index contributed by atoms with van der Waals surface area (Å²) in [6, 6.07) is 22.5. The van der Waals surface area contributed by atoms with Gasteiger partial charge in [-0.3, -0.25) is 5.32 Å². The Kier molecular flexibility index (Phi) is 8.90. The lowest BCUT2D eigenvalue weighted by molar-refractivity contribution is 0.0134. The first-order valence-corrected chi connectivity index (χ1v) is 13.6. The monoisotopic (exact) mass is 545 g/mol. The number of anilines is 1. The maximum Gasteiger partial charge on any atom is 0.417 e. The lowest BCUT2D eigenvalue weighted by Gasteiger charge is -2.30. The molecule has 2 fully saturated rings. The van der Waals surface area contributed by atoms with E-state index in [2.05, 4.69) is 10.5 Å². The quantitative estimate of drug-likeness (QED) is 0.333. The van der Waals surface area contributed by atoms with Crippen LogP contribution in [0.25, 0.3) is 0 Å². The molecule has 0 bridgehead atoms. The van der Waals surface area contributed by atoms with Crippen LogP contribution in [0.5, 0.6) is 11.5 Å². The van der Waals surface area contributed by atoms with Gasteiger partial charge in [-0.2, -0.15) is 0 Å². The molecule has 1 heterocycles. The molecule has 1 N–H and O–H groups in total. The van der Waals surface area contributed by atoms with Crippen molar-refractivity contribution in [2.75, 3.05) is 18.4 Å². The smallest absolute Gasteiger partial charge is 0.410 e. The molecule has 0 atom stereocenters. The van der Waals surface area contributed by atoms with E-state index in [0.717, 1.165) is 31.4 Å². The Morgan fingerprint density at radius 2 is 1.45 bits per heavy atom. The fraction of sp³-hybridized carbons (Fsp3) is 0.323. The first-order valence-electron chi connectivity index (χ1n) is 13.6. The Bertz CT molecular complexity index is 1320. The maximum atomic E-state index is 14.9. The third-order valence-corrected chi connectivity index (χ3v) is 7.18. The fourth-order valence-corrected chi connectivity index (χ4v) is 4.97. The third kappa shape index (κ3) is 7.37. The van der Waals surface area contributed by atoms with E-state index in [1.165, 1.54) is 6.07 Å². The van der Waals surface area contributed by atoms with Gasteiger partial charge in [0.15, 0.2) is 0 Å². The van der Waals surface area contributed by atoms with Gasteiger partial charge in [-0.15, -0.1) is 0 Å². The predicted molar refractivity (Wildman–Crippen MR) is 149 cm³/mol. The number of halogens is 1. The summed E-state index contributed by atoms with van der Waals surface area (Å²) < 4.78 is 25.5. The Morgan fingerprint density at radius 3 is 2.08 bits per heavy atom. The van der Waals surface area contributed by atoms with Crippen LogP contribution in [0, 0.1) is 5.82 Å². The summed E-state index contributed by atoms with van der Waals surface area (Å²) in [6.45, 7) is 1.11. The molecular weight excluding hydrogens is 513 g/mol. The van der Waals surface area contributed by atoms with Crippen molar-refractivity contribution in [3.05, 3.63) is 90.2 Å². The Morgan fingerprint density at radius 1 is 0.825 bits per heavy atom. The molecule has 3 aromatic rings. The number of para-hydroxylation sites is 2. The number of nitrogens with zero attached hydrogens (tertiary/aromatic N) is 2. The molecule has 9 heteroatoms. The molecule has 1 aliphatic carbocycles. The molecule has 0 spiro atoms. The van der Waals surface area contributed by atoms with Gasteiger partial charge in [-0.05, 0) is 73.6 Å². The van der Waals surface area contributed by atoms with Crippen LogP contribution in [0.2, 0.25) is 0 Å². The van der Waals surface area contributed by atoms with Crippen LogP contribution in [0.1, 0.15) is 50.0 Å². The van der Waals surface area contributed by atoms with E-state index in [0.29, 0.717) is 48.7 Å². The highest BCUT2D eigenvalue weighted by Gasteiger charge is 2.26. The van der Waals surface area contributed by atoms with Crippen molar-refractivity contribution in [1.82, 2.24) is 4.90 Å². The van der Waals surface area contributed by atoms with Gasteiger partial charge in [-0.1, -0.05) is 47.6 Å². The average Bonchev–Trinajstić information content (AvgIpc) is 2.98. The van der Waals surface area contributed by atoms with Crippen molar-refractivity contribution in [3.63, 3.8) is 0 Å². The fourth-order valence-electron chi connectivity index (χ4n) is 4.97. The Hall–Kier alpha value is -4.40. The van der Waals surface area contributed by atoms with Gasteiger partial charge in [0, 0.05) is 31.6 Å². The van der Waals surface area contributed by atoms with E-state index < -0.39 is 6.09 Å². The van der Waals surface area contributed by atoms with Gasteiger partial charge >= 0.3 is 12.2 Å². The number of benzene rings is 3. The number of carbonyl (C=O) groups excluding carboxylic acids is 2. The summed E-state index contributed by atoms with van der Waals surface area (Å²) in [5.74, 6) is 0.665. The predicted octanol–water partition coefficient (Wildman–Crippen LogP) is 7.13. The minimum absolute atomic E-state index is 0.0444. The first-order chi connectivity index (χ1) is 19.5.